The van der Waals surface area contributed by atoms with Crippen LogP contribution in [0.5, 0.6) is 0 Å². The van der Waals surface area contributed by atoms with Crippen molar-refractivity contribution in [1.82, 2.24) is 4.90 Å². The van der Waals surface area contributed by atoms with Crippen molar-refractivity contribution < 1.29 is 4.74 Å². The van der Waals surface area contributed by atoms with E-state index in [-0.39, 0.29) is 17.6 Å². The fourth-order valence-corrected chi connectivity index (χ4v) is 1.92. The van der Waals surface area contributed by atoms with Gasteiger partial charge in [0.2, 0.25) is 0 Å². The van der Waals surface area contributed by atoms with Gasteiger partial charge in [-0.3, -0.25) is 0 Å². The normalized spacial score (nSPS) is 29.1. The summed E-state index contributed by atoms with van der Waals surface area (Å²) in [7, 11) is 3.82. The maximum Gasteiger partial charge on any atom is 0.191 e. The van der Waals surface area contributed by atoms with Gasteiger partial charge in [-0.2, -0.15) is 0 Å². The van der Waals surface area contributed by atoms with Gasteiger partial charge in [0.15, 0.2) is 5.96 Å². The average molecular weight is 227 g/mol. The van der Waals surface area contributed by atoms with Crippen LogP contribution < -0.4 is 5.73 Å². The predicted molar refractivity (Wildman–Crippen MR) is 67.5 cm³/mol. The van der Waals surface area contributed by atoms with E-state index in [1.165, 1.54) is 0 Å². The SMILES string of the molecule is CC(C)O[C@@H]1C[C@@H](N=C(N)N(C)C)C1(C)C. The number of nitrogens with two attached hydrogens (primary N) is 1. The molecule has 0 heterocycles. The van der Waals surface area contributed by atoms with Crippen molar-refractivity contribution in [2.45, 2.75) is 52.4 Å². The Hall–Kier alpha value is -0.770. The van der Waals surface area contributed by atoms with Gasteiger partial charge in [-0.1, -0.05) is 13.8 Å². The molecule has 2 atom stereocenters. The molecular formula is C12H25N3O. The van der Waals surface area contributed by atoms with Crippen molar-refractivity contribution >= 4 is 5.96 Å². The molecule has 0 amide bonds. The van der Waals surface area contributed by atoms with Gasteiger partial charge in [0.25, 0.3) is 0 Å². The van der Waals surface area contributed by atoms with E-state index in [0.717, 1.165) is 6.42 Å². The number of ether oxygens (including phenoxy) is 1. The second-order valence-corrected chi connectivity index (χ2v) is 5.63. The second kappa shape index (κ2) is 4.62. The van der Waals surface area contributed by atoms with Gasteiger partial charge < -0.3 is 15.4 Å². The van der Waals surface area contributed by atoms with E-state index in [0.29, 0.717) is 12.1 Å². The highest BCUT2D eigenvalue weighted by atomic mass is 16.5. The molecule has 0 aromatic carbocycles. The van der Waals surface area contributed by atoms with Gasteiger partial charge >= 0.3 is 0 Å². The number of aliphatic imine (C=N–C) groups is 1. The third kappa shape index (κ3) is 2.67. The fraction of sp³-hybridized carbons (Fsp3) is 0.917. The maximum atomic E-state index is 5.85. The van der Waals surface area contributed by atoms with Crippen LogP contribution >= 0.6 is 0 Å². The summed E-state index contributed by atoms with van der Waals surface area (Å²) in [6.07, 6.45) is 1.55. The fourth-order valence-electron chi connectivity index (χ4n) is 1.92. The first kappa shape index (κ1) is 13.3. The maximum absolute atomic E-state index is 5.85. The standard InChI is InChI=1S/C12H25N3O/c1-8(2)16-10-7-9(12(10,3)4)14-11(13)15(5)6/h8-10H,7H2,1-6H3,(H2,13,14)/t9-,10-/m1/s1. The first-order chi connectivity index (χ1) is 7.25. The highest BCUT2D eigenvalue weighted by Crippen LogP contribution is 2.45. The molecule has 0 radical (unpaired) electrons. The van der Waals surface area contributed by atoms with Crippen molar-refractivity contribution in [3.63, 3.8) is 0 Å². The largest absolute Gasteiger partial charge is 0.375 e. The Morgan fingerprint density at radius 3 is 2.38 bits per heavy atom. The topological polar surface area (TPSA) is 50.9 Å². The molecule has 1 fully saturated rings. The zero-order valence-corrected chi connectivity index (χ0v) is 11.3. The minimum Gasteiger partial charge on any atom is -0.375 e. The summed E-state index contributed by atoms with van der Waals surface area (Å²) >= 11 is 0. The summed E-state index contributed by atoms with van der Waals surface area (Å²) in [4.78, 5) is 6.37. The van der Waals surface area contributed by atoms with Crippen molar-refractivity contribution in [2.24, 2.45) is 16.1 Å². The third-order valence-electron chi connectivity index (χ3n) is 3.31. The molecule has 1 aliphatic rings. The van der Waals surface area contributed by atoms with Crippen molar-refractivity contribution in [3.8, 4) is 0 Å². The molecule has 4 heteroatoms. The van der Waals surface area contributed by atoms with Crippen LogP contribution in [0.4, 0.5) is 0 Å². The van der Waals surface area contributed by atoms with E-state index in [4.69, 9.17) is 10.5 Å². The lowest BCUT2D eigenvalue weighted by Crippen LogP contribution is -2.55. The molecule has 2 N–H and O–H groups in total. The summed E-state index contributed by atoms with van der Waals surface area (Å²) in [5, 5.41) is 0. The van der Waals surface area contributed by atoms with E-state index >= 15 is 0 Å². The van der Waals surface area contributed by atoms with Crippen LogP contribution in [0, 0.1) is 5.41 Å². The van der Waals surface area contributed by atoms with E-state index in [9.17, 15) is 0 Å². The second-order valence-electron chi connectivity index (χ2n) is 5.63. The third-order valence-corrected chi connectivity index (χ3v) is 3.31. The highest BCUT2D eigenvalue weighted by molar-refractivity contribution is 5.77. The lowest BCUT2D eigenvalue weighted by molar-refractivity contribution is -0.129. The van der Waals surface area contributed by atoms with Crippen LogP contribution in [0.1, 0.15) is 34.1 Å². The summed E-state index contributed by atoms with van der Waals surface area (Å²) in [6, 6.07) is 0.277. The number of hydrogen-bond donors (Lipinski definition) is 1. The predicted octanol–water partition coefficient (Wildman–Crippen LogP) is 1.45. The Kier molecular flexibility index (Phi) is 3.84. The molecule has 1 saturated carbocycles. The molecule has 0 unspecified atom stereocenters. The summed E-state index contributed by atoms with van der Waals surface area (Å²) in [5.41, 5.74) is 5.92. The van der Waals surface area contributed by atoms with Gasteiger partial charge in [-0.15, -0.1) is 0 Å². The molecule has 0 spiro atoms. The van der Waals surface area contributed by atoms with Crippen LogP contribution in [0.3, 0.4) is 0 Å². The van der Waals surface area contributed by atoms with Crippen LogP contribution in [-0.4, -0.2) is 43.2 Å². The van der Waals surface area contributed by atoms with Crippen LogP contribution in [0.2, 0.25) is 0 Å². The number of nitrogens with zero attached hydrogens (tertiary/aromatic N) is 2. The lowest BCUT2D eigenvalue weighted by Gasteiger charge is -2.50. The quantitative estimate of drug-likeness (QED) is 0.586. The van der Waals surface area contributed by atoms with Crippen molar-refractivity contribution in [1.29, 1.82) is 0 Å². The van der Waals surface area contributed by atoms with Gasteiger partial charge in [0.05, 0.1) is 18.2 Å². The molecule has 1 aliphatic carbocycles. The molecule has 4 nitrogen and oxygen atoms in total. The molecular weight excluding hydrogens is 202 g/mol. The first-order valence-electron chi connectivity index (χ1n) is 5.91. The van der Waals surface area contributed by atoms with Crippen molar-refractivity contribution in [2.75, 3.05) is 14.1 Å². The van der Waals surface area contributed by atoms with Gasteiger partial charge in [-0.05, 0) is 20.3 Å². The molecule has 0 aliphatic heterocycles. The minimum atomic E-state index is 0.0882. The molecule has 0 aromatic rings. The van der Waals surface area contributed by atoms with E-state index in [1.807, 2.05) is 19.0 Å². The molecule has 0 bridgehead atoms. The summed E-state index contributed by atoms with van der Waals surface area (Å²) < 4.78 is 5.85. The number of rotatable bonds is 3. The molecule has 0 aromatic heterocycles. The van der Waals surface area contributed by atoms with Gasteiger partial charge in [0.1, 0.15) is 0 Å². The Morgan fingerprint density at radius 1 is 1.44 bits per heavy atom. The number of hydrogen-bond acceptors (Lipinski definition) is 2. The lowest BCUT2D eigenvalue weighted by atomic mass is 9.64. The van der Waals surface area contributed by atoms with Gasteiger partial charge in [0, 0.05) is 19.5 Å². The van der Waals surface area contributed by atoms with E-state index in [1.54, 1.807) is 0 Å². The van der Waals surface area contributed by atoms with Gasteiger partial charge in [-0.25, -0.2) is 4.99 Å². The molecule has 1 rings (SSSR count). The summed E-state index contributed by atoms with van der Waals surface area (Å²) in [6.45, 7) is 8.53. The average Bonchev–Trinajstić information content (AvgIpc) is 2.15. The zero-order chi connectivity index (χ0) is 12.5. The summed E-state index contributed by atoms with van der Waals surface area (Å²) in [5.74, 6) is 0.598. The van der Waals surface area contributed by atoms with E-state index < -0.39 is 0 Å². The van der Waals surface area contributed by atoms with Crippen LogP contribution in [0.25, 0.3) is 0 Å². The number of guanidine groups is 1. The van der Waals surface area contributed by atoms with Crippen LogP contribution in [0.15, 0.2) is 4.99 Å². The minimum absolute atomic E-state index is 0.0882. The van der Waals surface area contributed by atoms with Crippen LogP contribution in [-0.2, 0) is 4.74 Å². The Bertz CT molecular complexity index is 271. The van der Waals surface area contributed by atoms with Crippen molar-refractivity contribution in [3.05, 3.63) is 0 Å². The Balaban J connectivity index is 2.60. The van der Waals surface area contributed by atoms with E-state index in [2.05, 4.69) is 32.7 Å². The highest BCUT2D eigenvalue weighted by Gasteiger charge is 2.49. The molecule has 0 saturated heterocycles. The Morgan fingerprint density at radius 2 is 2.00 bits per heavy atom. The molecule has 16 heavy (non-hydrogen) atoms. The smallest absolute Gasteiger partial charge is 0.191 e. The Labute approximate surface area is 98.9 Å². The first-order valence-corrected chi connectivity index (χ1v) is 5.91. The molecule has 94 valence electrons. The zero-order valence-electron chi connectivity index (χ0n) is 11.3. The monoisotopic (exact) mass is 227 g/mol.